The van der Waals surface area contributed by atoms with Gasteiger partial charge in [0, 0.05) is 28.9 Å². The number of nitrogens with one attached hydrogen (secondary N) is 1. The third-order valence-electron chi connectivity index (χ3n) is 2.14. The summed E-state index contributed by atoms with van der Waals surface area (Å²) in [5, 5.41) is 3.70. The standard InChI is InChI=1S/C13H16BrNOS/c1-2-8-17-9-7-15-13(16)12-5-3-11(10-14)4-6-12/h2-6H,1,7-10H2,(H,15,16). The lowest BCUT2D eigenvalue weighted by atomic mass is 10.1. The Morgan fingerprint density at radius 2 is 2.12 bits per heavy atom. The third kappa shape index (κ3) is 5.41. The van der Waals surface area contributed by atoms with Crippen LogP contribution in [0.1, 0.15) is 15.9 Å². The molecule has 1 aromatic carbocycles. The van der Waals surface area contributed by atoms with Gasteiger partial charge in [-0.1, -0.05) is 34.1 Å². The van der Waals surface area contributed by atoms with Gasteiger partial charge in [-0.25, -0.2) is 0 Å². The van der Waals surface area contributed by atoms with E-state index < -0.39 is 0 Å². The SMILES string of the molecule is C=CCSCCNC(=O)c1ccc(CBr)cc1. The first-order valence-corrected chi connectivity index (χ1v) is 7.67. The van der Waals surface area contributed by atoms with Crippen LogP contribution in [-0.2, 0) is 5.33 Å². The largest absolute Gasteiger partial charge is 0.351 e. The number of carbonyl (C=O) groups is 1. The van der Waals surface area contributed by atoms with E-state index in [0.29, 0.717) is 12.1 Å². The number of hydrogen-bond acceptors (Lipinski definition) is 2. The Hall–Kier alpha value is -0.740. The van der Waals surface area contributed by atoms with Crippen molar-refractivity contribution >= 4 is 33.6 Å². The molecule has 0 heterocycles. The number of halogens is 1. The summed E-state index contributed by atoms with van der Waals surface area (Å²) in [6.07, 6.45) is 1.87. The molecule has 0 aromatic heterocycles. The molecule has 0 bridgehead atoms. The van der Waals surface area contributed by atoms with Gasteiger partial charge in [-0.05, 0) is 17.7 Å². The van der Waals surface area contributed by atoms with E-state index in [1.54, 1.807) is 11.8 Å². The van der Waals surface area contributed by atoms with Gasteiger partial charge in [0.25, 0.3) is 5.91 Å². The van der Waals surface area contributed by atoms with Crippen molar-refractivity contribution in [3.63, 3.8) is 0 Å². The molecule has 2 nitrogen and oxygen atoms in total. The maximum absolute atomic E-state index is 11.7. The summed E-state index contributed by atoms with van der Waals surface area (Å²) in [5.74, 6) is 1.83. The first-order chi connectivity index (χ1) is 8.27. The maximum atomic E-state index is 11.7. The Labute approximate surface area is 115 Å². The van der Waals surface area contributed by atoms with Crippen molar-refractivity contribution in [2.24, 2.45) is 0 Å². The number of rotatable bonds is 7. The van der Waals surface area contributed by atoms with Crippen LogP contribution in [-0.4, -0.2) is 24.0 Å². The van der Waals surface area contributed by atoms with Gasteiger partial charge >= 0.3 is 0 Å². The Bertz CT molecular complexity index is 364. The molecule has 0 spiro atoms. The smallest absolute Gasteiger partial charge is 0.251 e. The molecule has 1 amide bonds. The second kappa shape index (κ2) is 8.37. The predicted octanol–water partition coefficient (Wildman–Crippen LogP) is 3.23. The average molecular weight is 314 g/mol. The maximum Gasteiger partial charge on any atom is 0.251 e. The summed E-state index contributed by atoms with van der Waals surface area (Å²) in [6.45, 7) is 4.34. The molecule has 0 aliphatic rings. The monoisotopic (exact) mass is 313 g/mol. The van der Waals surface area contributed by atoms with E-state index in [9.17, 15) is 4.79 Å². The van der Waals surface area contributed by atoms with Crippen LogP contribution in [0.2, 0.25) is 0 Å². The van der Waals surface area contributed by atoms with Crippen molar-refractivity contribution in [3.8, 4) is 0 Å². The third-order valence-corrected chi connectivity index (χ3v) is 3.75. The molecule has 0 aliphatic carbocycles. The number of benzene rings is 1. The lowest BCUT2D eigenvalue weighted by Gasteiger charge is -2.05. The van der Waals surface area contributed by atoms with Crippen molar-refractivity contribution < 1.29 is 4.79 Å². The lowest BCUT2D eigenvalue weighted by Crippen LogP contribution is -2.25. The van der Waals surface area contributed by atoms with Crippen molar-refractivity contribution in [1.29, 1.82) is 0 Å². The van der Waals surface area contributed by atoms with E-state index in [4.69, 9.17) is 0 Å². The highest BCUT2D eigenvalue weighted by Gasteiger charge is 2.03. The van der Waals surface area contributed by atoms with Crippen molar-refractivity contribution in [2.45, 2.75) is 5.33 Å². The zero-order chi connectivity index (χ0) is 12.5. The van der Waals surface area contributed by atoms with Gasteiger partial charge in [0.15, 0.2) is 0 Å². The molecule has 1 rings (SSSR count). The van der Waals surface area contributed by atoms with Crippen LogP contribution in [0.15, 0.2) is 36.9 Å². The number of hydrogen-bond donors (Lipinski definition) is 1. The van der Waals surface area contributed by atoms with Crippen LogP contribution in [0.3, 0.4) is 0 Å². The topological polar surface area (TPSA) is 29.1 Å². The number of carbonyl (C=O) groups excluding carboxylic acids is 1. The van der Waals surface area contributed by atoms with Gasteiger partial charge in [0.05, 0.1) is 0 Å². The molecule has 4 heteroatoms. The quantitative estimate of drug-likeness (QED) is 0.476. The van der Waals surface area contributed by atoms with Gasteiger partial charge < -0.3 is 5.32 Å². The second-order valence-electron chi connectivity index (χ2n) is 3.45. The Balaban J connectivity index is 2.33. The van der Waals surface area contributed by atoms with Crippen LogP contribution in [0.25, 0.3) is 0 Å². The number of amides is 1. The summed E-state index contributed by atoms with van der Waals surface area (Å²) < 4.78 is 0. The van der Waals surface area contributed by atoms with E-state index in [1.807, 2.05) is 30.3 Å². The normalized spacial score (nSPS) is 9.94. The van der Waals surface area contributed by atoms with Crippen LogP contribution in [0, 0.1) is 0 Å². The number of alkyl halides is 1. The summed E-state index contributed by atoms with van der Waals surface area (Å²) in [4.78, 5) is 11.7. The van der Waals surface area contributed by atoms with Crippen molar-refractivity contribution in [2.75, 3.05) is 18.1 Å². The highest BCUT2D eigenvalue weighted by atomic mass is 79.9. The zero-order valence-corrected chi connectivity index (χ0v) is 12.0. The summed E-state index contributed by atoms with van der Waals surface area (Å²) in [6, 6.07) is 7.61. The molecule has 0 aliphatic heterocycles. The molecule has 0 unspecified atom stereocenters. The lowest BCUT2D eigenvalue weighted by molar-refractivity contribution is 0.0956. The van der Waals surface area contributed by atoms with Gasteiger partial charge in [-0.15, -0.1) is 6.58 Å². The Morgan fingerprint density at radius 1 is 1.41 bits per heavy atom. The van der Waals surface area contributed by atoms with Gasteiger partial charge in [0.1, 0.15) is 0 Å². The van der Waals surface area contributed by atoms with Crippen LogP contribution in [0.5, 0.6) is 0 Å². The molecule has 0 fully saturated rings. The van der Waals surface area contributed by atoms with Gasteiger partial charge in [-0.3, -0.25) is 4.79 Å². The summed E-state index contributed by atoms with van der Waals surface area (Å²) >= 11 is 5.13. The second-order valence-corrected chi connectivity index (χ2v) is 5.16. The van der Waals surface area contributed by atoms with Crippen LogP contribution < -0.4 is 5.32 Å². The van der Waals surface area contributed by atoms with Crippen LogP contribution in [0.4, 0.5) is 0 Å². The molecule has 0 saturated carbocycles. The molecular formula is C13H16BrNOS. The highest BCUT2D eigenvalue weighted by molar-refractivity contribution is 9.08. The highest BCUT2D eigenvalue weighted by Crippen LogP contribution is 2.07. The van der Waals surface area contributed by atoms with Gasteiger partial charge in [-0.2, -0.15) is 11.8 Å². The van der Waals surface area contributed by atoms with E-state index >= 15 is 0 Å². The number of thioether (sulfide) groups is 1. The average Bonchev–Trinajstić information content (AvgIpc) is 2.38. The zero-order valence-electron chi connectivity index (χ0n) is 9.62. The fourth-order valence-corrected chi connectivity index (χ4v) is 2.20. The molecule has 1 aromatic rings. The van der Waals surface area contributed by atoms with Crippen molar-refractivity contribution in [1.82, 2.24) is 5.32 Å². The molecular weight excluding hydrogens is 298 g/mol. The molecule has 0 saturated heterocycles. The minimum Gasteiger partial charge on any atom is -0.351 e. The minimum atomic E-state index is -0.00896. The Kier molecular flexibility index (Phi) is 7.05. The van der Waals surface area contributed by atoms with Crippen molar-refractivity contribution in [3.05, 3.63) is 48.0 Å². The first kappa shape index (κ1) is 14.3. The molecule has 1 N–H and O–H groups in total. The first-order valence-electron chi connectivity index (χ1n) is 5.39. The summed E-state index contributed by atoms with van der Waals surface area (Å²) in [7, 11) is 0. The Morgan fingerprint density at radius 3 is 2.71 bits per heavy atom. The fraction of sp³-hybridized carbons (Fsp3) is 0.308. The van der Waals surface area contributed by atoms with Crippen LogP contribution >= 0.6 is 27.7 Å². The van der Waals surface area contributed by atoms with E-state index in [-0.39, 0.29) is 5.91 Å². The molecule has 0 radical (unpaired) electrons. The minimum absolute atomic E-state index is 0.00896. The summed E-state index contributed by atoms with van der Waals surface area (Å²) in [5.41, 5.74) is 1.88. The molecule has 92 valence electrons. The van der Waals surface area contributed by atoms with E-state index in [0.717, 1.165) is 16.8 Å². The molecule has 17 heavy (non-hydrogen) atoms. The fourth-order valence-electron chi connectivity index (χ4n) is 1.25. The van der Waals surface area contributed by atoms with E-state index in [1.165, 1.54) is 5.56 Å². The predicted molar refractivity (Wildman–Crippen MR) is 78.9 cm³/mol. The van der Waals surface area contributed by atoms with E-state index in [2.05, 4.69) is 27.8 Å². The molecule has 0 atom stereocenters. The van der Waals surface area contributed by atoms with Gasteiger partial charge in [0.2, 0.25) is 0 Å².